The number of amides is 1. The van der Waals surface area contributed by atoms with Crippen molar-refractivity contribution in [1.82, 2.24) is 5.32 Å². The van der Waals surface area contributed by atoms with Crippen molar-refractivity contribution in [1.29, 1.82) is 0 Å². The van der Waals surface area contributed by atoms with Crippen LogP contribution in [0.4, 0.5) is 0 Å². The summed E-state index contributed by atoms with van der Waals surface area (Å²) in [5.74, 6) is 1.24. The van der Waals surface area contributed by atoms with Gasteiger partial charge in [0.15, 0.2) is 11.5 Å². The third-order valence-electron chi connectivity index (χ3n) is 3.88. The summed E-state index contributed by atoms with van der Waals surface area (Å²) < 4.78 is 10.5. The monoisotopic (exact) mass is 289 g/mol. The molecule has 0 radical (unpaired) electrons. The Kier molecular flexibility index (Phi) is 4.10. The smallest absolute Gasteiger partial charge is 0.244 e. The third-order valence-corrected chi connectivity index (χ3v) is 3.88. The SMILES string of the molecule is O=C(/C=C/c1ccc2c(c1)OCO2)N[C@@H]1CCCC[C@H]1O. The molecule has 1 saturated carbocycles. The van der Waals surface area contributed by atoms with Gasteiger partial charge in [0.2, 0.25) is 12.7 Å². The van der Waals surface area contributed by atoms with Gasteiger partial charge in [-0.1, -0.05) is 18.9 Å². The first-order valence-electron chi connectivity index (χ1n) is 7.29. The van der Waals surface area contributed by atoms with Crippen LogP contribution in [-0.4, -0.2) is 30.0 Å². The van der Waals surface area contributed by atoms with Crippen LogP contribution in [0.3, 0.4) is 0 Å². The molecule has 5 nitrogen and oxygen atoms in total. The number of aliphatic hydroxyl groups excluding tert-OH is 1. The fourth-order valence-corrected chi connectivity index (χ4v) is 2.70. The molecule has 0 aromatic heterocycles. The number of hydrogen-bond acceptors (Lipinski definition) is 4. The van der Waals surface area contributed by atoms with Crippen molar-refractivity contribution in [3.05, 3.63) is 29.8 Å². The molecule has 2 aliphatic rings. The molecule has 1 amide bonds. The van der Waals surface area contributed by atoms with Crippen molar-refractivity contribution in [3.8, 4) is 11.5 Å². The quantitative estimate of drug-likeness (QED) is 0.833. The van der Waals surface area contributed by atoms with Crippen LogP contribution >= 0.6 is 0 Å². The highest BCUT2D eigenvalue weighted by Gasteiger charge is 2.23. The lowest BCUT2D eigenvalue weighted by molar-refractivity contribution is -0.118. The van der Waals surface area contributed by atoms with Crippen LogP contribution in [-0.2, 0) is 4.79 Å². The minimum atomic E-state index is -0.429. The van der Waals surface area contributed by atoms with Gasteiger partial charge in [-0.25, -0.2) is 0 Å². The fraction of sp³-hybridized carbons (Fsp3) is 0.438. The molecule has 1 aromatic carbocycles. The van der Waals surface area contributed by atoms with E-state index in [1.165, 1.54) is 6.08 Å². The molecule has 3 rings (SSSR count). The highest BCUT2D eigenvalue weighted by molar-refractivity contribution is 5.92. The average molecular weight is 289 g/mol. The maximum absolute atomic E-state index is 11.9. The van der Waals surface area contributed by atoms with Gasteiger partial charge in [-0.15, -0.1) is 0 Å². The molecule has 1 aliphatic heterocycles. The zero-order valence-electron chi connectivity index (χ0n) is 11.7. The van der Waals surface area contributed by atoms with Crippen LogP contribution < -0.4 is 14.8 Å². The van der Waals surface area contributed by atoms with E-state index in [2.05, 4.69) is 5.32 Å². The van der Waals surface area contributed by atoms with Crippen LogP contribution in [0, 0.1) is 0 Å². The molecule has 0 spiro atoms. The summed E-state index contributed by atoms with van der Waals surface area (Å²) in [6, 6.07) is 5.40. The topological polar surface area (TPSA) is 67.8 Å². The van der Waals surface area contributed by atoms with Crippen molar-refractivity contribution >= 4 is 12.0 Å². The van der Waals surface area contributed by atoms with E-state index in [0.717, 1.165) is 37.0 Å². The lowest BCUT2D eigenvalue weighted by Crippen LogP contribution is -2.44. The van der Waals surface area contributed by atoms with E-state index in [4.69, 9.17) is 9.47 Å². The number of hydrogen-bond donors (Lipinski definition) is 2. The van der Waals surface area contributed by atoms with Gasteiger partial charge in [0.05, 0.1) is 12.1 Å². The van der Waals surface area contributed by atoms with Gasteiger partial charge in [0.1, 0.15) is 0 Å². The second kappa shape index (κ2) is 6.18. The standard InChI is InChI=1S/C16H19NO4/c18-13-4-2-1-3-12(13)17-16(19)8-6-11-5-7-14-15(9-11)21-10-20-14/h5-9,12-13,18H,1-4,10H2,(H,17,19)/b8-6+/t12-,13-/m1/s1. The van der Waals surface area contributed by atoms with E-state index in [9.17, 15) is 9.90 Å². The maximum atomic E-state index is 11.9. The van der Waals surface area contributed by atoms with Crippen LogP contribution in [0.25, 0.3) is 6.08 Å². The van der Waals surface area contributed by atoms with E-state index in [0.29, 0.717) is 5.75 Å². The molecule has 0 unspecified atom stereocenters. The molecule has 0 saturated heterocycles. The molecule has 0 bridgehead atoms. The number of nitrogens with one attached hydrogen (secondary N) is 1. The summed E-state index contributed by atoms with van der Waals surface area (Å²) in [4.78, 5) is 11.9. The number of carbonyl (C=O) groups excluding carboxylic acids is 1. The normalized spacial score (nSPS) is 24.2. The number of fused-ring (bicyclic) bond motifs is 1. The molecule has 1 aliphatic carbocycles. The zero-order valence-corrected chi connectivity index (χ0v) is 11.7. The van der Waals surface area contributed by atoms with Gasteiger partial charge >= 0.3 is 0 Å². The Bertz CT molecular complexity index is 555. The van der Waals surface area contributed by atoms with Gasteiger partial charge in [-0.3, -0.25) is 4.79 Å². The number of carbonyl (C=O) groups is 1. The Hall–Kier alpha value is -2.01. The molecular formula is C16H19NO4. The van der Waals surface area contributed by atoms with E-state index < -0.39 is 6.10 Å². The number of benzene rings is 1. The van der Waals surface area contributed by atoms with Gasteiger partial charge < -0.3 is 19.9 Å². The lowest BCUT2D eigenvalue weighted by atomic mass is 9.92. The molecule has 112 valence electrons. The van der Waals surface area contributed by atoms with Crippen LogP contribution in [0.5, 0.6) is 11.5 Å². The van der Waals surface area contributed by atoms with E-state index in [1.54, 1.807) is 6.08 Å². The maximum Gasteiger partial charge on any atom is 0.244 e. The van der Waals surface area contributed by atoms with Crippen molar-refractivity contribution < 1.29 is 19.4 Å². The predicted molar refractivity (Wildman–Crippen MR) is 78.0 cm³/mol. The number of ether oxygens (including phenoxy) is 2. The molecule has 5 heteroatoms. The van der Waals surface area contributed by atoms with E-state index >= 15 is 0 Å². The second-order valence-corrected chi connectivity index (χ2v) is 5.41. The summed E-state index contributed by atoms with van der Waals surface area (Å²) >= 11 is 0. The lowest BCUT2D eigenvalue weighted by Gasteiger charge is -2.27. The Morgan fingerprint density at radius 1 is 1.24 bits per heavy atom. The predicted octanol–water partition coefficient (Wildman–Crippen LogP) is 1.85. The first-order valence-corrected chi connectivity index (χ1v) is 7.29. The fourth-order valence-electron chi connectivity index (χ4n) is 2.70. The summed E-state index contributed by atoms with van der Waals surface area (Å²) in [6.07, 6.45) is 6.46. The molecule has 1 fully saturated rings. The summed E-state index contributed by atoms with van der Waals surface area (Å²) in [6.45, 7) is 0.239. The molecule has 1 aromatic rings. The third kappa shape index (κ3) is 3.36. The summed E-state index contributed by atoms with van der Waals surface area (Å²) in [5, 5.41) is 12.7. The highest BCUT2D eigenvalue weighted by atomic mass is 16.7. The highest BCUT2D eigenvalue weighted by Crippen LogP contribution is 2.32. The Balaban J connectivity index is 1.59. The summed E-state index contributed by atoms with van der Waals surface area (Å²) in [5.41, 5.74) is 0.874. The minimum Gasteiger partial charge on any atom is -0.454 e. The molecule has 2 N–H and O–H groups in total. The minimum absolute atomic E-state index is 0.132. The molecular weight excluding hydrogens is 270 g/mol. The molecule has 2 atom stereocenters. The summed E-state index contributed by atoms with van der Waals surface area (Å²) in [7, 11) is 0. The molecule has 1 heterocycles. The van der Waals surface area contributed by atoms with E-state index in [-0.39, 0.29) is 18.7 Å². The van der Waals surface area contributed by atoms with Crippen LogP contribution in [0.1, 0.15) is 31.2 Å². The number of rotatable bonds is 3. The number of aliphatic hydroxyl groups is 1. The first kappa shape index (κ1) is 13.9. The van der Waals surface area contributed by atoms with Gasteiger partial charge in [0, 0.05) is 6.08 Å². The van der Waals surface area contributed by atoms with Crippen molar-refractivity contribution in [3.63, 3.8) is 0 Å². The first-order chi connectivity index (χ1) is 10.2. The second-order valence-electron chi connectivity index (χ2n) is 5.41. The average Bonchev–Trinajstić information content (AvgIpc) is 2.95. The molecule has 21 heavy (non-hydrogen) atoms. The van der Waals surface area contributed by atoms with Gasteiger partial charge in [-0.05, 0) is 36.6 Å². The largest absolute Gasteiger partial charge is 0.454 e. The van der Waals surface area contributed by atoms with Gasteiger partial charge in [-0.2, -0.15) is 0 Å². The van der Waals surface area contributed by atoms with Gasteiger partial charge in [0.25, 0.3) is 0 Å². The van der Waals surface area contributed by atoms with Crippen molar-refractivity contribution in [2.45, 2.75) is 37.8 Å². The Labute approximate surface area is 123 Å². The van der Waals surface area contributed by atoms with E-state index in [1.807, 2.05) is 18.2 Å². The Morgan fingerprint density at radius 3 is 2.90 bits per heavy atom. The Morgan fingerprint density at radius 2 is 2.05 bits per heavy atom. The zero-order chi connectivity index (χ0) is 14.7. The van der Waals surface area contributed by atoms with Crippen LogP contribution in [0.2, 0.25) is 0 Å². The van der Waals surface area contributed by atoms with Crippen molar-refractivity contribution in [2.75, 3.05) is 6.79 Å². The van der Waals surface area contributed by atoms with Crippen LogP contribution in [0.15, 0.2) is 24.3 Å². The van der Waals surface area contributed by atoms with Crippen molar-refractivity contribution in [2.24, 2.45) is 0 Å².